The Balaban J connectivity index is 1.54. The number of aromatic nitrogens is 2. The fraction of sp³-hybridized carbons (Fsp3) is 0.333. The molecule has 0 spiro atoms. The highest BCUT2D eigenvalue weighted by Crippen LogP contribution is 2.36. The molecule has 1 atom stereocenters. The highest BCUT2D eigenvalue weighted by Gasteiger charge is 2.26. The molecule has 0 bridgehead atoms. The zero-order valence-electron chi connectivity index (χ0n) is 21.2. The maximum absolute atomic E-state index is 14.3. The van der Waals surface area contributed by atoms with Gasteiger partial charge in [-0.05, 0) is 74.5 Å². The van der Waals surface area contributed by atoms with E-state index < -0.39 is 5.82 Å². The van der Waals surface area contributed by atoms with Crippen molar-refractivity contribution in [3.05, 3.63) is 95.7 Å². The molecule has 2 aromatic heterocycles. The molecule has 1 unspecified atom stereocenters. The third-order valence-electron chi connectivity index (χ3n) is 7.38. The van der Waals surface area contributed by atoms with E-state index in [9.17, 15) is 9.18 Å². The van der Waals surface area contributed by atoms with Gasteiger partial charge in [0, 0.05) is 44.0 Å². The van der Waals surface area contributed by atoms with E-state index in [4.69, 9.17) is 0 Å². The van der Waals surface area contributed by atoms with Gasteiger partial charge < -0.3 is 9.47 Å². The van der Waals surface area contributed by atoms with Gasteiger partial charge in [0.15, 0.2) is 0 Å². The lowest BCUT2D eigenvalue weighted by Crippen LogP contribution is -2.34. The number of carbonyl (C=O) groups excluding carboxylic acids is 1. The number of nitrogens with zero attached hydrogens (tertiary/aromatic N) is 4. The van der Waals surface area contributed by atoms with Crippen molar-refractivity contribution in [2.75, 3.05) is 20.1 Å². The summed E-state index contributed by atoms with van der Waals surface area (Å²) in [4.78, 5) is 21.9. The first kappa shape index (κ1) is 24.2. The van der Waals surface area contributed by atoms with Gasteiger partial charge in [-0.2, -0.15) is 0 Å². The van der Waals surface area contributed by atoms with E-state index in [1.165, 1.54) is 23.3 Å². The number of hydrogen-bond donors (Lipinski definition) is 0. The van der Waals surface area contributed by atoms with E-state index in [0.29, 0.717) is 17.2 Å². The minimum absolute atomic E-state index is 0.00471. The number of fused-ring (bicyclic) bond motifs is 1. The zero-order chi connectivity index (χ0) is 25.2. The third kappa shape index (κ3) is 4.78. The SMILES string of the molecule is CC(C)N(C)C(=O)c1cc(F)ccc1-n1cc(C2CCCN(Cc3ccccc3)C2)c2ccncc21. The first-order valence-corrected chi connectivity index (χ1v) is 12.7. The Hall–Kier alpha value is -3.51. The zero-order valence-corrected chi connectivity index (χ0v) is 21.2. The Bertz CT molecular complexity index is 1360. The fourth-order valence-corrected chi connectivity index (χ4v) is 5.23. The Kier molecular flexibility index (Phi) is 6.88. The average molecular weight is 485 g/mol. The molecule has 1 aliphatic rings. The first-order chi connectivity index (χ1) is 17.4. The molecule has 0 aliphatic carbocycles. The lowest BCUT2D eigenvalue weighted by molar-refractivity contribution is 0.0754. The van der Waals surface area contributed by atoms with Gasteiger partial charge in [-0.3, -0.25) is 14.7 Å². The van der Waals surface area contributed by atoms with Gasteiger partial charge in [0.2, 0.25) is 0 Å². The van der Waals surface area contributed by atoms with Gasteiger partial charge in [0.1, 0.15) is 5.82 Å². The molecule has 2 aromatic carbocycles. The number of pyridine rings is 1. The van der Waals surface area contributed by atoms with E-state index in [1.54, 1.807) is 18.0 Å². The molecule has 0 saturated carbocycles. The van der Waals surface area contributed by atoms with Crippen molar-refractivity contribution in [3.8, 4) is 5.69 Å². The van der Waals surface area contributed by atoms with Gasteiger partial charge in [0.25, 0.3) is 5.91 Å². The van der Waals surface area contributed by atoms with Crippen molar-refractivity contribution in [1.82, 2.24) is 19.4 Å². The van der Waals surface area contributed by atoms with E-state index in [-0.39, 0.29) is 11.9 Å². The van der Waals surface area contributed by atoms with Crippen molar-refractivity contribution < 1.29 is 9.18 Å². The molecular formula is C30H33FN4O. The largest absolute Gasteiger partial charge is 0.339 e. The normalized spacial score (nSPS) is 16.5. The number of hydrogen-bond acceptors (Lipinski definition) is 3. The summed E-state index contributed by atoms with van der Waals surface area (Å²) in [5.41, 5.74) is 4.54. The van der Waals surface area contributed by atoms with Crippen LogP contribution >= 0.6 is 0 Å². The molecule has 5 nitrogen and oxygen atoms in total. The van der Waals surface area contributed by atoms with Crippen LogP contribution in [0.4, 0.5) is 4.39 Å². The van der Waals surface area contributed by atoms with Crippen LogP contribution in [-0.4, -0.2) is 51.4 Å². The van der Waals surface area contributed by atoms with Gasteiger partial charge in [-0.25, -0.2) is 4.39 Å². The minimum atomic E-state index is -0.419. The van der Waals surface area contributed by atoms with Crippen LogP contribution < -0.4 is 0 Å². The number of carbonyl (C=O) groups is 1. The molecule has 1 saturated heterocycles. The first-order valence-electron chi connectivity index (χ1n) is 12.7. The maximum Gasteiger partial charge on any atom is 0.256 e. The third-order valence-corrected chi connectivity index (χ3v) is 7.38. The summed E-state index contributed by atoms with van der Waals surface area (Å²) < 4.78 is 16.3. The van der Waals surface area contributed by atoms with Crippen molar-refractivity contribution in [3.63, 3.8) is 0 Å². The van der Waals surface area contributed by atoms with Crippen LogP contribution in [-0.2, 0) is 6.54 Å². The molecule has 186 valence electrons. The van der Waals surface area contributed by atoms with Crippen molar-refractivity contribution in [1.29, 1.82) is 0 Å². The molecule has 1 amide bonds. The Morgan fingerprint density at radius 2 is 1.97 bits per heavy atom. The second-order valence-electron chi connectivity index (χ2n) is 10.1. The van der Waals surface area contributed by atoms with Gasteiger partial charge in [-0.1, -0.05) is 30.3 Å². The monoisotopic (exact) mass is 484 g/mol. The summed E-state index contributed by atoms with van der Waals surface area (Å²) in [5.74, 6) is -0.247. The topological polar surface area (TPSA) is 41.4 Å². The van der Waals surface area contributed by atoms with Gasteiger partial charge >= 0.3 is 0 Å². The van der Waals surface area contributed by atoms with E-state index >= 15 is 0 Å². The van der Waals surface area contributed by atoms with Crippen molar-refractivity contribution in [2.24, 2.45) is 0 Å². The number of piperidine rings is 1. The number of rotatable bonds is 6. The summed E-state index contributed by atoms with van der Waals surface area (Å²) >= 11 is 0. The van der Waals surface area contributed by atoms with E-state index in [1.807, 2.05) is 30.8 Å². The highest BCUT2D eigenvalue weighted by molar-refractivity contribution is 5.99. The average Bonchev–Trinajstić information content (AvgIpc) is 3.28. The van der Waals surface area contributed by atoms with Crippen molar-refractivity contribution >= 4 is 16.8 Å². The van der Waals surface area contributed by atoms with Gasteiger partial charge in [-0.15, -0.1) is 0 Å². The molecule has 4 aromatic rings. The summed E-state index contributed by atoms with van der Waals surface area (Å²) in [5, 5.41) is 1.14. The predicted octanol–water partition coefficient (Wildman–Crippen LogP) is 6.02. The second kappa shape index (κ2) is 10.2. The molecule has 5 rings (SSSR count). The number of halogens is 1. The Morgan fingerprint density at radius 3 is 2.75 bits per heavy atom. The molecule has 3 heterocycles. The number of amides is 1. The maximum atomic E-state index is 14.3. The number of benzene rings is 2. The smallest absolute Gasteiger partial charge is 0.256 e. The molecule has 1 fully saturated rings. The van der Waals surface area contributed by atoms with Crippen LogP contribution in [0.5, 0.6) is 0 Å². The van der Waals surface area contributed by atoms with Crippen LogP contribution in [0.25, 0.3) is 16.6 Å². The summed E-state index contributed by atoms with van der Waals surface area (Å²) in [6.07, 6.45) is 8.05. The summed E-state index contributed by atoms with van der Waals surface area (Å²) in [6, 6.07) is 17.1. The molecule has 0 radical (unpaired) electrons. The predicted molar refractivity (Wildman–Crippen MR) is 142 cm³/mol. The van der Waals surface area contributed by atoms with E-state index in [2.05, 4.69) is 52.5 Å². The van der Waals surface area contributed by atoms with Crippen LogP contribution in [0.3, 0.4) is 0 Å². The minimum Gasteiger partial charge on any atom is -0.339 e. The van der Waals surface area contributed by atoms with E-state index in [0.717, 1.165) is 43.4 Å². The van der Waals surface area contributed by atoms with Crippen LogP contribution in [0.1, 0.15) is 54.1 Å². The lowest BCUT2D eigenvalue weighted by Gasteiger charge is -2.32. The van der Waals surface area contributed by atoms with Crippen LogP contribution in [0.2, 0.25) is 0 Å². The molecule has 36 heavy (non-hydrogen) atoms. The van der Waals surface area contributed by atoms with Crippen molar-refractivity contribution in [2.45, 2.75) is 45.2 Å². The van der Waals surface area contributed by atoms with Crippen LogP contribution in [0, 0.1) is 5.82 Å². The van der Waals surface area contributed by atoms with Crippen LogP contribution in [0.15, 0.2) is 73.2 Å². The molecule has 1 aliphatic heterocycles. The van der Waals surface area contributed by atoms with Gasteiger partial charge in [0.05, 0.1) is 23.0 Å². The quantitative estimate of drug-likeness (QED) is 0.336. The molecule has 6 heteroatoms. The molecule has 0 N–H and O–H groups in total. The second-order valence-corrected chi connectivity index (χ2v) is 10.1. The number of likely N-dealkylation sites (tertiary alicyclic amines) is 1. The summed E-state index contributed by atoms with van der Waals surface area (Å²) in [6.45, 7) is 6.91. The summed E-state index contributed by atoms with van der Waals surface area (Å²) in [7, 11) is 1.76. The Labute approximate surface area is 212 Å². The lowest BCUT2D eigenvalue weighted by atomic mass is 9.90. The molecular weight excluding hydrogens is 451 g/mol. The standard InChI is InChI=1S/C30H33FN4O/c1-21(2)33(3)30(36)26-16-24(31)11-12-28(26)35-20-27(25-13-14-32-17-29(25)35)23-10-7-15-34(19-23)18-22-8-5-4-6-9-22/h4-6,8-9,11-14,16-17,20-21,23H,7,10,15,18-19H2,1-3H3. The fourth-order valence-electron chi connectivity index (χ4n) is 5.23. The Morgan fingerprint density at radius 1 is 1.17 bits per heavy atom. The highest BCUT2D eigenvalue weighted by atomic mass is 19.1.